The summed E-state index contributed by atoms with van der Waals surface area (Å²) in [6.45, 7) is 3.17. The average molecular weight is 322 g/mol. The van der Waals surface area contributed by atoms with Gasteiger partial charge in [0.25, 0.3) is 0 Å². The molecule has 104 valence electrons. The second-order valence-electron chi connectivity index (χ2n) is 5.59. The lowest BCUT2D eigenvalue weighted by Gasteiger charge is -2.24. The molecular formula is C17H24BrN. The van der Waals surface area contributed by atoms with Crippen LogP contribution in [0.25, 0.3) is 6.08 Å². The molecule has 0 saturated heterocycles. The third kappa shape index (κ3) is 4.19. The summed E-state index contributed by atoms with van der Waals surface area (Å²) in [5, 5.41) is 3.33. The third-order valence-corrected chi connectivity index (χ3v) is 4.93. The molecule has 1 aromatic carbocycles. The van der Waals surface area contributed by atoms with Crippen molar-refractivity contribution in [1.82, 2.24) is 5.32 Å². The van der Waals surface area contributed by atoms with E-state index in [9.17, 15) is 0 Å². The molecule has 0 aromatic heterocycles. The third-order valence-electron chi connectivity index (χ3n) is 4.04. The summed E-state index contributed by atoms with van der Waals surface area (Å²) in [6, 6.07) is 6.62. The minimum atomic E-state index is 0.783. The fraction of sp³-hybridized carbons (Fsp3) is 0.529. The Morgan fingerprint density at radius 2 is 2.05 bits per heavy atom. The monoisotopic (exact) mass is 321 g/mol. The molecule has 1 aliphatic carbocycles. The second kappa shape index (κ2) is 7.25. The van der Waals surface area contributed by atoms with Gasteiger partial charge in [0.15, 0.2) is 0 Å². The molecule has 0 unspecified atom stereocenters. The predicted molar refractivity (Wildman–Crippen MR) is 87.4 cm³/mol. The van der Waals surface area contributed by atoms with Gasteiger partial charge in [-0.05, 0) is 49.9 Å². The van der Waals surface area contributed by atoms with E-state index in [1.807, 2.05) is 7.05 Å². The highest BCUT2D eigenvalue weighted by molar-refractivity contribution is 9.10. The van der Waals surface area contributed by atoms with Crippen LogP contribution in [0.5, 0.6) is 0 Å². The lowest BCUT2D eigenvalue weighted by Crippen LogP contribution is -2.19. The first-order valence-corrected chi connectivity index (χ1v) is 8.11. The molecule has 0 radical (unpaired) electrons. The van der Waals surface area contributed by atoms with Crippen molar-refractivity contribution in [2.24, 2.45) is 5.92 Å². The highest BCUT2D eigenvalue weighted by atomic mass is 79.9. The average Bonchev–Trinajstić information content (AvgIpc) is 2.43. The van der Waals surface area contributed by atoms with Crippen LogP contribution in [0.1, 0.15) is 43.2 Å². The van der Waals surface area contributed by atoms with Gasteiger partial charge in [-0.3, -0.25) is 0 Å². The van der Waals surface area contributed by atoms with Crippen LogP contribution in [0, 0.1) is 12.8 Å². The first kappa shape index (κ1) is 14.8. The smallest absolute Gasteiger partial charge is 0.0204 e. The van der Waals surface area contributed by atoms with Gasteiger partial charge < -0.3 is 5.32 Å². The van der Waals surface area contributed by atoms with E-state index in [-0.39, 0.29) is 0 Å². The molecule has 0 bridgehead atoms. The van der Waals surface area contributed by atoms with Crippen LogP contribution in [0.3, 0.4) is 0 Å². The second-order valence-corrected chi connectivity index (χ2v) is 6.45. The van der Waals surface area contributed by atoms with Crippen molar-refractivity contribution in [3.05, 3.63) is 39.4 Å². The summed E-state index contributed by atoms with van der Waals surface area (Å²) < 4.78 is 1.19. The van der Waals surface area contributed by atoms with Crippen molar-refractivity contribution in [2.45, 2.75) is 39.0 Å². The molecule has 1 nitrogen and oxygen atoms in total. The number of aryl methyl sites for hydroxylation is 1. The molecule has 1 aliphatic rings. The number of benzene rings is 1. The summed E-state index contributed by atoms with van der Waals surface area (Å²) >= 11 is 3.57. The van der Waals surface area contributed by atoms with Gasteiger partial charge in [0.1, 0.15) is 0 Å². The summed E-state index contributed by atoms with van der Waals surface area (Å²) in [5.41, 5.74) is 4.21. The Bertz CT molecular complexity index is 445. The Balaban J connectivity index is 2.20. The number of halogens is 1. The van der Waals surface area contributed by atoms with E-state index in [0.29, 0.717) is 0 Å². The fourth-order valence-corrected chi connectivity index (χ4v) is 3.21. The van der Waals surface area contributed by atoms with E-state index in [2.05, 4.69) is 52.4 Å². The number of hydrogen-bond acceptors (Lipinski definition) is 1. The molecule has 0 heterocycles. The molecule has 19 heavy (non-hydrogen) atoms. The first-order valence-electron chi connectivity index (χ1n) is 7.32. The largest absolute Gasteiger partial charge is 0.316 e. The summed E-state index contributed by atoms with van der Waals surface area (Å²) in [4.78, 5) is 0. The summed E-state index contributed by atoms with van der Waals surface area (Å²) in [6.07, 6.45) is 9.33. The van der Waals surface area contributed by atoms with Crippen LogP contribution in [0.2, 0.25) is 0 Å². The molecule has 0 atom stereocenters. The molecule has 0 spiro atoms. The maximum atomic E-state index is 3.57. The van der Waals surface area contributed by atoms with E-state index in [0.717, 1.165) is 12.5 Å². The molecule has 2 rings (SSSR count). The molecule has 1 fully saturated rings. The molecule has 1 aromatic rings. The number of likely N-dealkylation sites (N-methyl/N-ethyl adjacent to an activating group) is 1. The minimum absolute atomic E-state index is 0.783. The van der Waals surface area contributed by atoms with Gasteiger partial charge in [0.2, 0.25) is 0 Å². The standard InChI is InChI=1S/C17H24BrN/c1-13-10-14(8-9-17(13)18)11-16(12-19-2)15-6-4-3-5-7-15/h8-11,15,19H,3-7,12H2,1-2H3. The van der Waals surface area contributed by atoms with Crippen LogP contribution in [-0.2, 0) is 0 Å². The van der Waals surface area contributed by atoms with Crippen LogP contribution in [-0.4, -0.2) is 13.6 Å². The SMILES string of the molecule is CNCC(=Cc1ccc(Br)c(C)c1)C1CCCCC1. The molecule has 2 heteroatoms. The lowest BCUT2D eigenvalue weighted by molar-refractivity contribution is 0.398. The maximum Gasteiger partial charge on any atom is 0.0204 e. The predicted octanol–water partition coefficient (Wildman–Crippen LogP) is 4.94. The van der Waals surface area contributed by atoms with Gasteiger partial charge >= 0.3 is 0 Å². The van der Waals surface area contributed by atoms with E-state index >= 15 is 0 Å². The Labute approximate surface area is 125 Å². The van der Waals surface area contributed by atoms with Crippen molar-refractivity contribution in [1.29, 1.82) is 0 Å². The van der Waals surface area contributed by atoms with E-state index in [1.54, 1.807) is 5.57 Å². The highest BCUT2D eigenvalue weighted by Crippen LogP contribution is 2.31. The van der Waals surface area contributed by atoms with Crippen LogP contribution >= 0.6 is 15.9 Å². The maximum absolute atomic E-state index is 3.57. The summed E-state index contributed by atoms with van der Waals surface area (Å²) in [5.74, 6) is 0.783. The molecule has 1 N–H and O–H groups in total. The van der Waals surface area contributed by atoms with Gasteiger partial charge in [0.05, 0.1) is 0 Å². The Hall–Kier alpha value is -0.600. The fourth-order valence-electron chi connectivity index (χ4n) is 2.96. The molecular weight excluding hydrogens is 298 g/mol. The van der Waals surface area contributed by atoms with Gasteiger partial charge in [0, 0.05) is 11.0 Å². The van der Waals surface area contributed by atoms with E-state index in [1.165, 1.54) is 47.7 Å². The zero-order valence-corrected chi connectivity index (χ0v) is 13.6. The van der Waals surface area contributed by atoms with Gasteiger partial charge in [-0.1, -0.05) is 59.0 Å². The van der Waals surface area contributed by atoms with E-state index in [4.69, 9.17) is 0 Å². The highest BCUT2D eigenvalue weighted by Gasteiger charge is 2.17. The van der Waals surface area contributed by atoms with Crippen molar-refractivity contribution >= 4 is 22.0 Å². The summed E-state index contributed by atoms with van der Waals surface area (Å²) in [7, 11) is 2.05. The minimum Gasteiger partial charge on any atom is -0.316 e. The Morgan fingerprint density at radius 3 is 2.68 bits per heavy atom. The van der Waals surface area contributed by atoms with E-state index < -0.39 is 0 Å². The van der Waals surface area contributed by atoms with Crippen LogP contribution in [0.15, 0.2) is 28.2 Å². The van der Waals surface area contributed by atoms with Gasteiger partial charge in [-0.15, -0.1) is 0 Å². The number of hydrogen-bond donors (Lipinski definition) is 1. The zero-order chi connectivity index (χ0) is 13.7. The quantitative estimate of drug-likeness (QED) is 0.828. The molecule has 1 saturated carbocycles. The Kier molecular flexibility index (Phi) is 5.65. The van der Waals surface area contributed by atoms with Crippen molar-refractivity contribution in [2.75, 3.05) is 13.6 Å². The number of rotatable bonds is 4. The van der Waals surface area contributed by atoms with Crippen molar-refractivity contribution in [3.63, 3.8) is 0 Å². The Morgan fingerprint density at radius 1 is 1.32 bits per heavy atom. The molecule has 0 aliphatic heterocycles. The van der Waals surface area contributed by atoms with Crippen LogP contribution < -0.4 is 5.32 Å². The number of nitrogens with one attached hydrogen (secondary N) is 1. The first-order chi connectivity index (χ1) is 9.20. The molecule has 0 amide bonds. The van der Waals surface area contributed by atoms with Gasteiger partial charge in [-0.2, -0.15) is 0 Å². The lowest BCUT2D eigenvalue weighted by atomic mass is 9.83. The van der Waals surface area contributed by atoms with Crippen LogP contribution in [0.4, 0.5) is 0 Å². The van der Waals surface area contributed by atoms with Crippen molar-refractivity contribution < 1.29 is 0 Å². The zero-order valence-electron chi connectivity index (χ0n) is 12.0. The normalized spacial score (nSPS) is 17.7. The van der Waals surface area contributed by atoms with Crippen molar-refractivity contribution in [3.8, 4) is 0 Å². The van der Waals surface area contributed by atoms with Gasteiger partial charge in [-0.25, -0.2) is 0 Å². The topological polar surface area (TPSA) is 12.0 Å².